The van der Waals surface area contributed by atoms with Crippen LogP contribution in [0, 0.1) is 0 Å². The number of unbranched alkanes of at least 4 members (excludes halogenated alkanes) is 22. The highest BCUT2D eigenvalue weighted by Crippen LogP contribution is 2.14. The van der Waals surface area contributed by atoms with Crippen LogP contribution in [0.3, 0.4) is 0 Å². The fourth-order valence-corrected chi connectivity index (χ4v) is 5.66. The summed E-state index contributed by atoms with van der Waals surface area (Å²) < 4.78 is 13.5. The summed E-state index contributed by atoms with van der Waals surface area (Å²) in [4.78, 5) is 0. The summed E-state index contributed by atoms with van der Waals surface area (Å²) >= 11 is 0. The van der Waals surface area contributed by atoms with Gasteiger partial charge >= 0.3 is 0 Å². The maximum atomic E-state index is 6.40. The van der Waals surface area contributed by atoms with Crippen LogP contribution in [0.1, 0.15) is 168 Å². The minimum Gasteiger partial charge on any atom is -0.379 e. The van der Waals surface area contributed by atoms with E-state index in [4.69, 9.17) is 9.47 Å². The van der Waals surface area contributed by atoms with Gasteiger partial charge < -0.3 is 19.3 Å². The maximum Gasteiger partial charge on any atom is 0.130 e. The molecule has 4 heteroatoms. The van der Waals surface area contributed by atoms with Gasteiger partial charge in [0.2, 0.25) is 0 Å². The molecule has 242 valence electrons. The molecule has 0 rings (SSSR count). The summed E-state index contributed by atoms with van der Waals surface area (Å²) in [5.74, 6) is 0. The zero-order chi connectivity index (χ0) is 29.4. The van der Waals surface area contributed by atoms with Crippen LogP contribution in [0.5, 0.6) is 0 Å². The van der Waals surface area contributed by atoms with Crippen molar-refractivity contribution in [3.05, 3.63) is 0 Å². The highest BCUT2D eigenvalue weighted by molar-refractivity contribution is 4.58. The third kappa shape index (κ3) is 30.8. The summed E-state index contributed by atoms with van der Waals surface area (Å²) in [6.45, 7) is 10.3. The van der Waals surface area contributed by atoms with Crippen molar-refractivity contribution in [2.75, 3.05) is 60.6 Å². The molecule has 1 N–H and O–H groups in total. The molecule has 0 aliphatic carbocycles. The van der Waals surface area contributed by atoms with Crippen molar-refractivity contribution in [1.82, 2.24) is 5.32 Å². The lowest BCUT2D eigenvalue weighted by molar-refractivity contribution is -0.892. The van der Waals surface area contributed by atoms with Gasteiger partial charge in [-0.1, -0.05) is 155 Å². The lowest BCUT2D eigenvalue weighted by Gasteiger charge is -2.33. The summed E-state index contributed by atoms with van der Waals surface area (Å²) in [6, 6.07) is 0. The Balaban J connectivity index is 3.89. The molecule has 0 aromatic carbocycles. The van der Waals surface area contributed by atoms with Crippen LogP contribution in [-0.4, -0.2) is 71.2 Å². The fraction of sp³-hybridized carbons (Fsp3) is 1.00. The number of nitrogens with zero attached hydrogens (tertiary/aromatic N) is 1. The van der Waals surface area contributed by atoms with Gasteiger partial charge in [-0.15, -0.1) is 0 Å². The van der Waals surface area contributed by atoms with Gasteiger partial charge in [0, 0.05) is 19.8 Å². The van der Waals surface area contributed by atoms with Gasteiger partial charge in [0.25, 0.3) is 0 Å². The second kappa shape index (κ2) is 31.8. The molecular weight excluding hydrogens is 492 g/mol. The Kier molecular flexibility index (Phi) is 31.6. The zero-order valence-electron chi connectivity index (χ0n) is 28.6. The molecular formula is C36H77N2O2+. The van der Waals surface area contributed by atoms with Gasteiger partial charge in [0.05, 0.1) is 27.2 Å². The number of nitrogens with one attached hydrogen (secondary N) is 1. The van der Waals surface area contributed by atoms with Crippen LogP contribution in [0.2, 0.25) is 0 Å². The van der Waals surface area contributed by atoms with Crippen molar-refractivity contribution in [1.29, 1.82) is 0 Å². The first-order valence-corrected chi connectivity index (χ1v) is 18.2. The molecule has 0 aromatic rings. The van der Waals surface area contributed by atoms with E-state index in [1.54, 1.807) is 0 Å². The highest BCUT2D eigenvalue weighted by Gasteiger charge is 2.22. The number of hydrogen-bond donors (Lipinski definition) is 1. The quantitative estimate of drug-likeness (QED) is 0.0618. The first-order valence-electron chi connectivity index (χ1n) is 18.2. The van der Waals surface area contributed by atoms with Crippen molar-refractivity contribution < 1.29 is 14.0 Å². The topological polar surface area (TPSA) is 30.5 Å². The molecule has 1 atom stereocenters. The Morgan fingerprint density at radius 2 is 0.900 bits per heavy atom. The van der Waals surface area contributed by atoms with Crippen LogP contribution >= 0.6 is 0 Å². The predicted molar refractivity (Wildman–Crippen MR) is 178 cm³/mol. The van der Waals surface area contributed by atoms with E-state index in [1.807, 2.05) is 7.05 Å². The second-order valence-corrected chi connectivity index (χ2v) is 13.3. The molecule has 0 bridgehead atoms. The number of likely N-dealkylation sites (N-methyl/N-ethyl adjacent to an activating group) is 2. The summed E-state index contributed by atoms with van der Waals surface area (Å²) in [5.41, 5.74) is 0. The monoisotopic (exact) mass is 570 g/mol. The van der Waals surface area contributed by atoms with Crippen LogP contribution in [0.15, 0.2) is 0 Å². The normalized spacial score (nSPS) is 12.8. The number of ether oxygens (including phenoxy) is 2. The van der Waals surface area contributed by atoms with E-state index in [-0.39, 0.29) is 6.10 Å². The minimum atomic E-state index is 0.205. The molecule has 4 nitrogen and oxygen atoms in total. The molecule has 0 aromatic heterocycles. The molecule has 0 heterocycles. The van der Waals surface area contributed by atoms with E-state index in [2.05, 4.69) is 33.3 Å². The standard InChI is InChI=1S/C36H77N2O2/c1-6-8-10-12-14-16-18-20-22-24-26-28-32-39-35-36(34-38(4,5)31-30-37-3)40-33-29-27-25-23-21-19-17-15-13-11-9-7-2/h36-37H,6-35H2,1-5H3/q+1/t36-/m1/s1. The van der Waals surface area contributed by atoms with Crippen LogP contribution < -0.4 is 5.32 Å². The molecule has 0 saturated heterocycles. The van der Waals surface area contributed by atoms with Gasteiger partial charge in [0.1, 0.15) is 12.6 Å². The Hall–Kier alpha value is -0.160. The smallest absolute Gasteiger partial charge is 0.130 e. The van der Waals surface area contributed by atoms with Gasteiger partial charge in [-0.25, -0.2) is 0 Å². The Labute approximate surface area is 253 Å². The third-order valence-electron chi connectivity index (χ3n) is 8.46. The first kappa shape index (κ1) is 39.8. The zero-order valence-corrected chi connectivity index (χ0v) is 28.6. The van der Waals surface area contributed by atoms with Gasteiger partial charge in [-0.3, -0.25) is 0 Å². The van der Waals surface area contributed by atoms with Crippen molar-refractivity contribution >= 4 is 0 Å². The van der Waals surface area contributed by atoms with Gasteiger partial charge in [0.15, 0.2) is 0 Å². The fourth-order valence-electron chi connectivity index (χ4n) is 5.66. The average molecular weight is 570 g/mol. The van der Waals surface area contributed by atoms with E-state index in [9.17, 15) is 0 Å². The number of hydrogen-bond acceptors (Lipinski definition) is 3. The lowest BCUT2D eigenvalue weighted by Crippen LogP contribution is -2.50. The summed E-state index contributed by atoms with van der Waals surface area (Å²) in [6.07, 6.45) is 33.5. The number of quaternary nitrogens is 1. The van der Waals surface area contributed by atoms with Crippen molar-refractivity contribution in [3.63, 3.8) is 0 Å². The Bertz CT molecular complexity index is 472. The van der Waals surface area contributed by atoms with E-state index in [1.165, 1.54) is 154 Å². The van der Waals surface area contributed by atoms with Gasteiger partial charge in [-0.05, 0) is 19.9 Å². The lowest BCUT2D eigenvalue weighted by atomic mass is 10.1. The van der Waals surface area contributed by atoms with Crippen LogP contribution in [0.25, 0.3) is 0 Å². The average Bonchev–Trinajstić information content (AvgIpc) is 2.94. The molecule has 0 aliphatic rings. The molecule has 0 spiro atoms. The summed E-state index contributed by atoms with van der Waals surface area (Å²) in [7, 11) is 6.69. The maximum absolute atomic E-state index is 6.40. The van der Waals surface area contributed by atoms with Crippen LogP contribution in [-0.2, 0) is 9.47 Å². The third-order valence-corrected chi connectivity index (χ3v) is 8.46. The van der Waals surface area contributed by atoms with Crippen LogP contribution in [0.4, 0.5) is 0 Å². The molecule has 0 amide bonds. The van der Waals surface area contributed by atoms with E-state index >= 15 is 0 Å². The largest absolute Gasteiger partial charge is 0.379 e. The molecule has 0 saturated carbocycles. The van der Waals surface area contributed by atoms with Crippen molar-refractivity contribution in [3.8, 4) is 0 Å². The van der Waals surface area contributed by atoms with E-state index < -0.39 is 0 Å². The molecule has 0 unspecified atom stereocenters. The SMILES string of the molecule is CCCCCCCCCCCCCCOC[C@@H](C[N+](C)(C)CCNC)OCCCCCCCCCCCCCC. The predicted octanol–water partition coefficient (Wildman–Crippen LogP) is 10.1. The molecule has 40 heavy (non-hydrogen) atoms. The van der Waals surface area contributed by atoms with Crippen molar-refractivity contribution in [2.24, 2.45) is 0 Å². The highest BCUT2D eigenvalue weighted by atomic mass is 16.5. The molecule has 0 radical (unpaired) electrons. The Morgan fingerprint density at radius 3 is 1.30 bits per heavy atom. The molecule has 0 aliphatic heterocycles. The Morgan fingerprint density at radius 1 is 0.525 bits per heavy atom. The minimum absolute atomic E-state index is 0.205. The first-order chi connectivity index (χ1) is 19.6. The molecule has 0 fully saturated rings. The number of rotatable bonds is 34. The van der Waals surface area contributed by atoms with E-state index in [0.717, 1.165) is 43.9 Å². The summed E-state index contributed by atoms with van der Waals surface area (Å²) in [5, 5.41) is 3.30. The second-order valence-electron chi connectivity index (χ2n) is 13.3. The van der Waals surface area contributed by atoms with Gasteiger partial charge in [-0.2, -0.15) is 0 Å². The van der Waals surface area contributed by atoms with E-state index in [0.29, 0.717) is 0 Å². The van der Waals surface area contributed by atoms with Crippen molar-refractivity contribution in [2.45, 2.75) is 174 Å².